The normalized spacial score (nSPS) is 26.3. The van der Waals surface area contributed by atoms with Crippen LogP contribution in [-0.2, 0) is 0 Å². The molecule has 1 saturated carbocycles. The molecule has 0 aliphatic heterocycles. The molecule has 54 valence electrons. The summed E-state index contributed by atoms with van der Waals surface area (Å²) in [6, 6.07) is 0. The van der Waals surface area contributed by atoms with Crippen molar-refractivity contribution in [2.45, 2.75) is 40.5 Å². The Morgan fingerprint density at radius 2 is 1.56 bits per heavy atom. The predicted octanol–water partition coefficient (Wildman–Crippen LogP) is 3.08. The van der Waals surface area contributed by atoms with Crippen LogP contribution in [0.1, 0.15) is 40.5 Å². The minimum Gasteiger partial charge on any atom is -0.0625 e. The van der Waals surface area contributed by atoms with E-state index in [9.17, 15) is 0 Å². The maximum absolute atomic E-state index is 2.41. The summed E-state index contributed by atoms with van der Waals surface area (Å²) in [6.07, 6.45) is 2.93. The van der Waals surface area contributed by atoms with Gasteiger partial charge in [0.1, 0.15) is 0 Å². The Bertz CT molecular complexity index is 98.6. The molecular formula is C9H18. The summed E-state index contributed by atoms with van der Waals surface area (Å²) in [5.74, 6) is 1.80. The molecule has 1 fully saturated rings. The summed E-state index contributed by atoms with van der Waals surface area (Å²) in [4.78, 5) is 0. The second-order valence-corrected chi connectivity index (χ2v) is 4.19. The van der Waals surface area contributed by atoms with Crippen LogP contribution in [0.4, 0.5) is 0 Å². The molecule has 0 bridgehead atoms. The van der Waals surface area contributed by atoms with Crippen molar-refractivity contribution in [3.63, 3.8) is 0 Å². The standard InChI is InChI=1S/C9H18/c1-7(2)8(3)9(4)5-6-9/h7-8H,5-6H2,1-4H3/t8-/m0/s1. The Labute approximate surface area is 58.7 Å². The molecule has 1 atom stereocenters. The van der Waals surface area contributed by atoms with Gasteiger partial charge >= 0.3 is 0 Å². The number of rotatable bonds is 2. The second-order valence-electron chi connectivity index (χ2n) is 4.19. The monoisotopic (exact) mass is 126 g/mol. The SMILES string of the molecule is CC(C)[C@H](C)C1(C)CC1. The molecule has 0 aromatic carbocycles. The van der Waals surface area contributed by atoms with Gasteiger partial charge in [-0.25, -0.2) is 0 Å². The summed E-state index contributed by atoms with van der Waals surface area (Å²) in [6.45, 7) is 9.46. The molecule has 0 saturated heterocycles. The van der Waals surface area contributed by atoms with Gasteiger partial charge in [-0.3, -0.25) is 0 Å². The van der Waals surface area contributed by atoms with Gasteiger partial charge in [-0.1, -0.05) is 27.7 Å². The summed E-state index contributed by atoms with van der Waals surface area (Å²) < 4.78 is 0. The molecular weight excluding hydrogens is 108 g/mol. The molecule has 0 amide bonds. The zero-order chi connectivity index (χ0) is 7.07. The zero-order valence-corrected chi connectivity index (χ0v) is 7.07. The van der Waals surface area contributed by atoms with Gasteiger partial charge in [-0.15, -0.1) is 0 Å². The molecule has 9 heavy (non-hydrogen) atoms. The van der Waals surface area contributed by atoms with Crippen molar-refractivity contribution in [1.82, 2.24) is 0 Å². The van der Waals surface area contributed by atoms with Crippen LogP contribution in [0.2, 0.25) is 0 Å². The molecule has 0 unspecified atom stereocenters. The summed E-state index contributed by atoms with van der Waals surface area (Å²) in [5.41, 5.74) is 0.730. The van der Waals surface area contributed by atoms with Crippen molar-refractivity contribution in [2.24, 2.45) is 17.3 Å². The molecule has 0 N–H and O–H groups in total. The first-order valence-electron chi connectivity index (χ1n) is 4.06. The molecule has 0 heteroatoms. The van der Waals surface area contributed by atoms with E-state index < -0.39 is 0 Å². The molecule has 0 nitrogen and oxygen atoms in total. The van der Waals surface area contributed by atoms with Crippen LogP contribution in [0, 0.1) is 17.3 Å². The van der Waals surface area contributed by atoms with E-state index in [0.29, 0.717) is 0 Å². The maximum Gasteiger partial charge on any atom is -0.0297 e. The van der Waals surface area contributed by atoms with E-state index in [1.165, 1.54) is 12.8 Å². The van der Waals surface area contributed by atoms with E-state index in [4.69, 9.17) is 0 Å². The molecule has 1 rings (SSSR count). The van der Waals surface area contributed by atoms with Crippen LogP contribution >= 0.6 is 0 Å². The van der Waals surface area contributed by atoms with Crippen molar-refractivity contribution < 1.29 is 0 Å². The minimum absolute atomic E-state index is 0.730. The fourth-order valence-electron chi connectivity index (χ4n) is 1.46. The summed E-state index contributed by atoms with van der Waals surface area (Å²) in [5, 5.41) is 0. The highest BCUT2D eigenvalue weighted by atomic mass is 14.5. The maximum atomic E-state index is 2.41. The first-order chi connectivity index (χ1) is 4.06. The van der Waals surface area contributed by atoms with E-state index in [1.807, 2.05) is 0 Å². The fraction of sp³-hybridized carbons (Fsp3) is 1.00. The van der Waals surface area contributed by atoms with Gasteiger partial charge in [0, 0.05) is 0 Å². The first-order valence-corrected chi connectivity index (χ1v) is 4.06. The zero-order valence-electron chi connectivity index (χ0n) is 7.07. The van der Waals surface area contributed by atoms with E-state index in [-0.39, 0.29) is 0 Å². The second kappa shape index (κ2) is 2.00. The van der Waals surface area contributed by atoms with Crippen LogP contribution in [0.15, 0.2) is 0 Å². The lowest BCUT2D eigenvalue weighted by Gasteiger charge is -2.22. The highest BCUT2D eigenvalue weighted by Gasteiger charge is 2.43. The Hall–Kier alpha value is 0. The number of hydrogen-bond donors (Lipinski definition) is 0. The Morgan fingerprint density at radius 3 is 1.67 bits per heavy atom. The molecule has 0 aromatic heterocycles. The van der Waals surface area contributed by atoms with Crippen LogP contribution in [0.25, 0.3) is 0 Å². The minimum atomic E-state index is 0.730. The average Bonchev–Trinajstić information content (AvgIpc) is 2.47. The fourth-order valence-corrected chi connectivity index (χ4v) is 1.46. The van der Waals surface area contributed by atoms with Crippen molar-refractivity contribution in [3.05, 3.63) is 0 Å². The van der Waals surface area contributed by atoms with Crippen molar-refractivity contribution in [3.8, 4) is 0 Å². The van der Waals surface area contributed by atoms with E-state index >= 15 is 0 Å². The third kappa shape index (κ3) is 1.28. The largest absolute Gasteiger partial charge is 0.0625 e. The van der Waals surface area contributed by atoms with Crippen molar-refractivity contribution in [2.75, 3.05) is 0 Å². The van der Waals surface area contributed by atoms with Crippen LogP contribution < -0.4 is 0 Å². The smallest absolute Gasteiger partial charge is 0.0297 e. The van der Waals surface area contributed by atoms with Gasteiger partial charge in [-0.05, 0) is 30.1 Å². The average molecular weight is 126 g/mol. The van der Waals surface area contributed by atoms with E-state index in [1.54, 1.807) is 0 Å². The van der Waals surface area contributed by atoms with Crippen molar-refractivity contribution in [1.29, 1.82) is 0 Å². The third-order valence-electron chi connectivity index (χ3n) is 3.14. The van der Waals surface area contributed by atoms with E-state index in [0.717, 1.165) is 17.3 Å². The molecule has 0 aromatic rings. The molecule has 1 aliphatic carbocycles. The molecule has 0 spiro atoms. The van der Waals surface area contributed by atoms with E-state index in [2.05, 4.69) is 27.7 Å². The van der Waals surface area contributed by atoms with Gasteiger partial charge in [0.25, 0.3) is 0 Å². The lowest BCUT2D eigenvalue weighted by molar-refractivity contribution is 0.276. The quantitative estimate of drug-likeness (QED) is 0.533. The predicted molar refractivity (Wildman–Crippen MR) is 41.3 cm³/mol. The highest BCUT2D eigenvalue weighted by Crippen LogP contribution is 2.53. The Balaban J connectivity index is 2.42. The lowest BCUT2D eigenvalue weighted by atomic mass is 9.84. The van der Waals surface area contributed by atoms with Gasteiger partial charge in [0.05, 0.1) is 0 Å². The summed E-state index contributed by atoms with van der Waals surface area (Å²) >= 11 is 0. The van der Waals surface area contributed by atoms with Crippen LogP contribution in [-0.4, -0.2) is 0 Å². The summed E-state index contributed by atoms with van der Waals surface area (Å²) in [7, 11) is 0. The first kappa shape index (κ1) is 7.11. The van der Waals surface area contributed by atoms with Gasteiger partial charge in [0.2, 0.25) is 0 Å². The molecule has 0 radical (unpaired) electrons. The highest BCUT2D eigenvalue weighted by molar-refractivity contribution is 4.93. The van der Waals surface area contributed by atoms with Gasteiger partial charge < -0.3 is 0 Å². The topological polar surface area (TPSA) is 0 Å². The molecule has 1 aliphatic rings. The van der Waals surface area contributed by atoms with Crippen LogP contribution in [0.3, 0.4) is 0 Å². The van der Waals surface area contributed by atoms with Gasteiger partial charge in [-0.2, -0.15) is 0 Å². The number of hydrogen-bond acceptors (Lipinski definition) is 0. The van der Waals surface area contributed by atoms with Gasteiger partial charge in [0.15, 0.2) is 0 Å². The Morgan fingerprint density at radius 1 is 1.11 bits per heavy atom. The van der Waals surface area contributed by atoms with Crippen LogP contribution in [0.5, 0.6) is 0 Å². The Kier molecular flexibility index (Phi) is 1.58. The lowest BCUT2D eigenvalue weighted by Crippen LogP contribution is -2.14. The molecule has 0 heterocycles. The van der Waals surface area contributed by atoms with Crippen molar-refractivity contribution >= 4 is 0 Å². The third-order valence-corrected chi connectivity index (χ3v) is 3.14.